The normalized spacial score (nSPS) is 13.6. The van der Waals surface area contributed by atoms with Gasteiger partial charge >= 0.3 is 0 Å². The van der Waals surface area contributed by atoms with Crippen LogP contribution in [-0.4, -0.2) is 0 Å². The third kappa shape index (κ3) is 6.15. The van der Waals surface area contributed by atoms with Crippen LogP contribution in [0.15, 0.2) is 249 Å². The van der Waals surface area contributed by atoms with E-state index in [1.807, 2.05) is 0 Å². The highest BCUT2D eigenvalue weighted by atomic mass is 15.1. The van der Waals surface area contributed by atoms with E-state index in [9.17, 15) is 0 Å². The molecule has 0 saturated heterocycles. The Morgan fingerprint density at radius 2 is 0.646 bits per heavy atom. The molecule has 2 aliphatic rings. The summed E-state index contributed by atoms with van der Waals surface area (Å²) in [5.74, 6) is 0. The summed E-state index contributed by atoms with van der Waals surface area (Å²) in [6, 6.07) is 91.8. The van der Waals surface area contributed by atoms with E-state index in [2.05, 4.69) is 267 Å². The smallest absolute Gasteiger partial charge is 0.0719 e. The Kier molecular flexibility index (Phi) is 9.14. The Balaban J connectivity index is 0.990. The summed E-state index contributed by atoms with van der Waals surface area (Å²) < 4.78 is 0. The average molecular weight is 830 g/mol. The van der Waals surface area contributed by atoms with Crippen LogP contribution in [0.5, 0.6) is 0 Å². The molecule has 308 valence electrons. The lowest BCUT2D eigenvalue weighted by Gasteiger charge is -2.46. The molecule has 1 spiro atoms. The van der Waals surface area contributed by atoms with Crippen LogP contribution >= 0.6 is 0 Å². The lowest BCUT2D eigenvalue weighted by Crippen LogP contribution is -2.40. The third-order valence-electron chi connectivity index (χ3n) is 14.2. The van der Waals surface area contributed by atoms with Crippen molar-refractivity contribution in [2.75, 3.05) is 4.90 Å². The minimum atomic E-state index is -0.411. The van der Waals surface area contributed by atoms with Crippen LogP contribution in [-0.2, 0) is 10.8 Å². The van der Waals surface area contributed by atoms with Gasteiger partial charge in [0.25, 0.3) is 0 Å². The maximum absolute atomic E-state index is 2.49. The molecule has 0 radical (unpaired) electrons. The molecular formula is C64H47N. The maximum Gasteiger partial charge on any atom is 0.0719 e. The van der Waals surface area contributed by atoms with Gasteiger partial charge in [0, 0.05) is 22.5 Å². The number of anilines is 3. The number of benzene rings is 10. The molecule has 0 amide bonds. The van der Waals surface area contributed by atoms with Gasteiger partial charge in [-0.25, -0.2) is 0 Å². The average Bonchev–Trinajstić information content (AvgIpc) is 3.67. The van der Waals surface area contributed by atoms with Crippen molar-refractivity contribution in [2.45, 2.75) is 24.7 Å². The fraction of sp³-hybridized carbons (Fsp3) is 0.0625. The van der Waals surface area contributed by atoms with Gasteiger partial charge in [-0.05, 0) is 131 Å². The van der Waals surface area contributed by atoms with Gasteiger partial charge < -0.3 is 4.90 Å². The van der Waals surface area contributed by atoms with Crippen molar-refractivity contribution in [1.82, 2.24) is 0 Å². The van der Waals surface area contributed by atoms with Crippen LogP contribution in [0.25, 0.3) is 55.6 Å². The Labute approximate surface area is 382 Å². The molecule has 0 bridgehead atoms. The molecule has 10 aromatic rings. The van der Waals surface area contributed by atoms with Crippen LogP contribution < -0.4 is 4.90 Å². The second kappa shape index (κ2) is 15.4. The zero-order valence-corrected chi connectivity index (χ0v) is 36.6. The van der Waals surface area contributed by atoms with Crippen molar-refractivity contribution < 1.29 is 0 Å². The van der Waals surface area contributed by atoms with Gasteiger partial charge in [0.15, 0.2) is 0 Å². The molecule has 65 heavy (non-hydrogen) atoms. The number of hydrogen-bond donors (Lipinski definition) is 0. The monoisotopic (exact) mass is 829 g/mol. The zero-order valence-electron chi connectivity index (χ0n) is 36.6. The summed E-state index contributed by atoms with van der Waals surface area (Å²) in [6.45, 7) is 4.82. The van der Waals surface area contributed by atoms with Gasteiger partial charge in [-0.3, -0.25) is 0 Å². The predicted molar refractivity (Wildman–Crippen MR) is 272 cm³/mol. The topological polar surface area (TPSA) is 3.24 Å². The van der Waals surface area contributed by atoms with Crippen molar-refractivity contribution in [3.63, 3.8) is 0 Å². The molecule has 0 fully saturated rings. The highest BCUT2D eigenvalue weighted by molar-refractivity contribution is 5.90. The van der Waals surface area contributed by atoms with Crippen molar-refractivity contribution in [1.29, 1.82) is 0 Å². The first kappa shape index (κ1) is 38.7. The highest BCUT2D eigenvalue weighted by Crippen LogP contribution is 2.62. The van der Waals surface area contributed by atoms with Crippen molar-refractivity contribution in [3.05, 3.63) is 282 Å². The molecular weight excluding hydrogens is 783 g/mol. The quantitative estimate of drug-likeness (QED) is 0.155. The van der Waals surface area contributed by atoms with Gasteiger partial charge in [-0.15, -0.1) is 0 Å². The van der Waals surface area contributed by atoms with Crippen LogP contribution in [0.2, 0.25) is 0 Å². The zero-order chi connectivity index (χ0) is 43.5. The van der Waals surface area contributed by atoms with E-state index in [1.165, 1.54) is 89.0 Å². The van der Waals surface area contributed by atoms with Gasteiger partial charge in [-0.1, -0.05) is 220 Å². The Hall–Kier alpha value is -8.00. The van der Waals surface area contributed by atoms with Crippen molar-refractivity contribution in [3.8, 4) is 55.6 Å². The van der Waals surface area contributed by atoms with Gasteiger partial charge in [0.1, 0.15) is 0 Å². The molecule has 0 saturated carbocycles. The molecule has 2 aliphatic carbocycles. The fourth-order valence-corrected chi connectivity index (χ4v) is 11.1. The third-order valence-corrected chi connectivity index (χ3v) is 14.2. The molecule has 0 atom stereocenters. The minimum Gasteiger partial charge on any atom is -0.310 e. The van der Waals surface area contributed by atoms with E-state index in [4.69, 9.17) is 0 Å². The first-order valence-corrected chi connectivity index (χ1v) is 22.8. The maximum atomic E-state index is 2.49. The first-order valence-electron chi connectivity index (χ1n) is 22.8. The second-order valence-corrected chi connectivity index (χ2v) is 18.0. The van der Waals surface area contributed by atoms with Crippen molar-refractivity contribution in [2.24, 2.45) is 0 Å². The van der Waals surface area contributed by atoms with Crippen LogP contribution in [0.1, 0.15) is 47.2 Å². The minimum absolute atomic E-state index is 0.231. The lowest BCUT2D eigenvalue weighted by atomic mass is 9.55. The number of hydrogen-bond acceptors (Lipinski definition) is 1. The largest absolute Gasteiger partial charge is 0.310 e. The number of fused-ring (bicyclic) bond motifs is 9. The summed E-state index contributed by atoms with van der Waals surface area (Å²) in [4.78, 5) is 2.39. The summed E-state index contributed by atoms with van der Waals surface area (Å²) in [7, 11) is 0. The molecule has 0 N–H and O–H groups in total. The van der Waals surface area contributed by atoms with Crippen LogP contribution in [0, 0.1) is 0 Å². The van der Waals surface area contributed by atoms with Crippen LogP contribution in [0.4, 0.5) is 17.1 Å². The molecule has 1 nitrogen and oxygen atoms in total. The van der Waals surface area contributed by atoms with E-state index < -0.39 is 5.41 Å². The van der Waals surface area contributed by atoms with Gasteiger partial charge in [0.2, 0.25) is 0 Å². The molecule has 12 rings (SSSR count). The SMILES string of the molecule is CC1(C)c2ccccc2C2(c3ccccc3-c3ccccc32)c2ccc(-c3cccc(N(c4ccc(-c5ccccc5)cc4)c4ccc(-c5ccccc5-c5ccccc5)cc4)c3)cc21. The summed E-state index contributed by atoms with van der Waals surface area (Å²) >= 11 is 0. The lowest BCUT2D eigenvalue weighted by molar-refractivity contribution is 0.563. The van der Waals surface area contributed by atoms with E-state index in [1.54, 1.807) is 0 Å². The molecule has 0 aromatic heterocycles. The van der Waals surface area contributed by atoms with E-state index >= 15 is 0 Å². The number of nitrogens with zero attached hydrogens (tertiary/aromatic N) is 1. The van der Waals surface area contributed by atoms with Crippen LogP contribution in [0.3, 0.4) is 0 Å². The fourth-order valence-electron chi connectivity index (χ4n) is 11.1. The summed E-state index contributed by atoms with van der Waals surface area (Å²) in [5.41, 5.74) is 23.2. The predicted octanol–water partition coefficient (Wildman–Crippen LogP) is 16.8. The van der Waals surface area contributed by atoms with Crippen molar-refractivity contribution >= 4 is 17.1 Å². The first-order chi connectivity index (χ1) is 32.0. The number of rotatable bonds is 7. The highest BCUT2D eigenvalue weighted by Gasteiger charge is 2.53. The van der Waals surface area contributed by atoms with Gasteiger partial charge in [0.05, 0.1) is 5.41 Å². The summed E-state index contributed by atoms with van der Waals surface area (Å²) in [6.07, 6.45) is 0. The summed E-state index contributed by atoms with van der Waals surface area (Å²) in [5, 5.41) is 0. The molecule has 10 aromatic carbocycles. The Morgan fingerprint density at radius 1 is 0.246 bits per heavy atom. The molecule has 1 heteroatoms. The Bertz CT molecular complexity index is 3330. The van der Waals surface area contributed by atoms with E-state index in [-0.39, 0.29) is 5.41 Å². The standard InChI is InChI=1S/C64H47N/c1-63(2)59-30-15-16-31-60(59)64(57-28-13-11-26-55(57)56-27-12-14-29-58(56)64)61-41-36-49(43-62(61)63)48-22-17-23-52(42-48)65(50-37-32-45(33-38-50)44-18-5-3-6-19-44)51-39-34-47(35-40-51)54-25-10-9-24-53(54)46-20-7-4-8-21-46/h3-43H,1-2H3. The Morgan fingerprint density at radius 3 is 1.25 bits per heavy atom. The van der Waals surface area contributed by atoms with E-state index in [0.717, 1.165) is 17.1 Å². The molecule has 0 unspecified atom stereocenters. The second-order valence-electron chi connectivity index (χ2n) is 18.0. The van der Waals surface area contributed by atoms with Gasteiger partial charge in [-0.2, -0.15) is 0 Å². The molecule has 0 aliphatic heterocycles. The molecule has 0 heterocycles. The van der Waals surface area contributed by atoms with E-state index in [0.29, 0.717) is 0 Å².